The number of nitrogens with one attached hydrogen (secondary N) is 3. The van der Waals surface area contributed by atoms with Gasteiger partial charge in [0.05, 0.1) is 0 Å². The first kappa shape index (κ1) is 22.7. The summed E-state index contributed by atoms with van der Waals surface area (Å²) in [6.45, 7) is 1.99. The minimum Gasteiger partial charge on any atom is -0.350 e. The lowest BCUT2D eigenvalue weighted by Crippen LogP contribution is -2.53. The molecule has 3 aromatic carbocycles. The molecule has 2 unspecified atom stereocenters. The standard InChI is InChI=1S/C26H27N3O3/c1-19(24(30)27-18-21-13-7-3-8-14-21)28-26(32)23(17-20-11-5-2-6-12-20)29-25(31)22-15-9-4-10-16-22/h2-16,19,23H,17-18H2,1H3,(H,27,30)(H,28,32)(H,29,31). The summed E-state index contributed by atoms with van der Waals surface area (Å²) in [5, 5.41) is 8.35. The lowest BCUT2D eigenvalue weighted by atomic mass is 10.0. The molecular formula is C26H27N3O3. The zero-order valence-electron chi connectivity index (χ0n) is 18.0. The van der Waals surface area contributed by atoms with E-state index in [0.717, 1.165) is 11.1 Å². The van der Waals surface area contributed by atoms with Gasteiger partial charge < -0.3 is 16.0 Å². The molecule has 0 aromatic heterocycles. The second-order valence-corrected chi connectivity index (χ2v) is 7.52. The molecule has 164 valence electrons. The van der Waals surface area contributed by atoms with Crippen LogP contribution in [0.25, 0.3) is 0 Å². The van der Waals surface area contributed by atoms with Crippen molar-refractivity contribution in [2.24, 2.45) is 0 Å². The second-order valence-electron chi connectivity index (χ2n) is 7.52. The quantitative estimate of drug-likeness (QED) is 0.489. The molecule has 0 aliphatic rings. The van der Waals surface area contributed by atoms with Crippen molar-refractivity contribution >= 4 is 17.7 Å². The van der Waals surface area contributed by atoms with Crippen molar-refractivity contribution in [1.82, 2.24) is 16.0 Å². The summed E-state index contributed by atoms with van der Waals surface area (Å²) in [6, 6.07) is 26.1. The summed E-state index contributed by atoms with van der Waals surface area (Å²) < 4.78 is 0. The number of carbonyl (C=O) groups is 3. The average molecular weight is 430 g/mol. The summed E-state index contributed by atoms with van der Waals surface area (Å²) in [5.74, 6) is -1.06. The lowest BCUT2D eigenvalue weighted by molar-refractivity contribution is -0.129. The van der Waals surface area contributed by atoms with Crippen molar-refractivity contribution in [3.8, 4) is 0 Å². The predicted octanol–water partition coefficient (Wildman–Crippen LogP) is 2.85. The lowest BCUT2D eigenvalue weighted by Gasteiger charge is -2.21. The van der Waals surface area contributed by atoms with Crippen LogP contribution in [0.1, 0.15) is 28.4 Å². The van der Waals surface area contributed by atoms with Gasteiger partial charge in [0.15, 0.2) is 0 Å². The third-order valence-electron chi connectivity index (χ3n) is 5.00. The van der Waals surface area contributed by atoms with Crippen molar-refractivity contribution in [3.63, 3.8) is 0 Å². The maximum absolute atomic E-state index is 13.0. The van der Waals surface area contributed by atoms with Crippen LogP contribution in [0.15, 0.2) is 91.0 Å². The van der Waals surface area contributed by atoms with Gasteiger partial charge in [-0.1, -0.05) is 78.9 Å². The van der Waals surface area contributed by atoms with Crippen molar-refractivity contribution < 1.29 is 14.4 Å². The van der Waals surface area contributed by atoms with Crippen LogP contribution in [0.4, 0.5) is 0 Å². The van der Waals surface area contributed by atoms with Gasteiger partial charge >= 0.3 is 0 Å². The molecule has 6 heteroatoms. The Kier molecular flexibility index (Phi) is 8.15. The highest BCUT2D eigenvalue weighted by Crippen LogP contribution is 2.06. The van der Waals surface area contributed by atoms with Crippen LogP contribution < -0.4 is 16.0 Å². The fraction of sp³-hybridized carbons (Fsp3) is 0.192. The molecule has 0 spiro atoms. The van der Waals surface area contributed by atoms with Crippen LogP contribution >= 0.6 is 0 Å². The minimum absolute atomic E-state index is 0.296. The number of carbonyl (C=O) groups excluding carboxylic acids is 3. The fourth-order valence-corrected chi connectivity index (χ4v) is 3.21. The predicted molar refractivity (Wildman–Crippen MR) is 124 cm³/mol. The van der Waals surface area contributed by atoms with Gasteiger partial charge in [-0.05, 0) is 30.2 Å². The van der Waals surface area contributed by atoms with Gasteiger partial charge in [-0.3, -0.25) is 14.4 Å². The minimum atomic E-state index is -0.825. The van der Waals surface area contributed by atoms with Crippen LogP contribution in [0.3, 0.4) is 0 Å². The van der Waals surface area contributed by atoms with Crippen molar-refractivity contribution in [1.29, 1.82) is 0 Å². The van der Waals surface area contributed by atoms with Gasteiger partial charge in [0.1, 0.15) is 12.1 Å². The highest BCUT2D eigenvalue weighted by Gasteiger charge is 2.25. The maximum Gasteiger partial charge on any atom is 0.251 e. The Labute approximate surface area is 188 Å². The number of hydrogen-bond acceptors (Lipinski definition) is 3. The number of amides is 3. The van der Waals surface area contributed by atoms with E-state index in [0.29, 0.717) is 18.5 Å². The third-order valence-corrected chi connectivity index (χ3v) is 5.00. The first-order valence-electron chi connectivity index (χ1n) is 10.5. The zero-order valence-corrected chi connectivity index (χ0v) is 18.0. The van der Waals surface area contributed by atoms with Crippen molar-refractivity contribution in [3.05, 3.63) is 108 Å². The molecule has 3 N–H and O–H groups in total. The van der Waals surface area contributed by atoms with E-state index in [1.54, 1.807) is 31.2 Å². The van der Waals surface area contributed by atoms with E-state index in [9.17, 15) is 14.4 Å². The Morgan fingerprint density at radius 1 is 0.688 bits per heavy atom. The monoisotopic (exact) mass is 429 g/mol. The molecule has 0 aliphatic heterocycles. The van der Waals surface area contributed by atoms with Crippen LogP contribution in [0.5, 0.6) is 0 Å². The number of rotatable bonds is 9. The van der Waals surface area contributed by atoms with E-state index in [1.807, 2.05) is 66.7 Å². The van der Waals surface area contributed by atoms with E-state index < -0.39 is 18.0 Å². The molecular weight excluding hydrogens is 402 g/mol. The van der Waals surface area contributed by atoms with Crippen LogP contribution in [-0.2, 0) is 22.6 Å². The van der Waals surface area contributed by atoms with Gasteiger partial charge in [0.2, 0.25) is 11.8 Å². The first-order chi connectivity index (χ1) is 15.5. The zero-order chi connectivity index (χ0) is 22.8. The second kappa shape index (κ2) is 11.5. The summed E-state index contributed by atoms with van der Waals surface area (Å²) in [6.07, 6.45) is 0.309. The van der Waals surface area contributed by atoms with Gasteiger partial charge in [-0.15, -0.1) is 0 Å². The smallest absolute Gasteiger partial charge is 0.251 e. The van der Waals surface area contributed by atoms with E-state index in [2.05, 4.69) is 16.0 Å². The maximum atomic E-state index is 13.0. The summed E-state index contributed by atoms with van der Waals surface area (Å²) >= 11 is 0. The Morgan fingerprint density at radius 3 is 1.81 bits per heavy atom. The summed E-state index contributed by atoms with van der Waals surface area (Å²) in [7, 11) is 0. The SMILES string of the molecule is CC(NC(=O)C(Cc1ccccc1)NC(=O)c1ccccc1)C(=O)NCc1ccccc1. The Hall–Kier alpha value is -3.93. The Morgan fingerprint density at radius 2 is 1.22 bits per heavy atom. The summed E-state index contributed by atoms with van der Waals surface area (Å²) in [5.41, 5.74) is 2.34. The highest BCUT2D eigenvalue weighted by molar-refractivity contribution is 5.98. The Balaban J connectivity index is 1.64. The Bertz CT molecular complexity index is 1020. The number of benzene rings is 3. The largest absolute Gasteiger partial charge is 0.350 e. The summed E-state index contributed by atoms with van der Waals surface area (Å²) in [4.78, 5) is 38.1. The normalized spacial score (nSPS) is 12.3. The molecule has 0 fully saturated rings. The molecule has 0 heterocycles. The van der Waals surface area contributed by atoms with Crippen molar-refractivity contribution in [2.45, 2.75) is 32.0 Å². The molecule has 0 aliphatic carbocycles. The van der Waals surface area contributed by atoms with Gasteiger partial charge in [-0.2, -0.15) is 0 Å². The van der Waals surface area contributed by atoms with Gasteiger partial charge in [0, 0.05) is 18.5 Å². The van der Waals surface area contributed by atoms with E-state index in [-0.39, 0.29) is 11.8 Å². The molecule has 2 atom stereocenters. The first-order valence-corrected chi connectivity index (χ1v) is 10.5. The van der Waals surface area contributed by atoms with E-state index >= 15 is 0 Å². The highest BCUT2D eigenvalue weighted by atomic mass is 16.2. The molecule has 0 saturated heterocycles. The molecule has 0 bridgehead atoms. The van der Waals surface area contributed by atoms with Gasteiger partial charge in [-0.25, -0.2) is 0 Å². The molecule has 0 radical (unpaired) electrons. The molecule has 32 heavy (non-hydrogen) atoms. The fourth-order valence-electron chi connectivity index (χ4n) is 3.21. The van der Waals surface area contributed by atoms with Gasteiger partial charge in [0.25, 0.3) is 5.91 Å². The van der Waals surface area contributed by atoms with Crippen LogP contribution in [0.2, 0.25) is 0 Å². The van der Waals surface area contributed by atoms with E-state index in [1.165, 1.54) is 0 Å². The molecule has 3 amide bonds. The third kappa shape index (κ3) is 6.80. The molecule has 3 rings (SSSR count). The average Bonchev–Trinajstić information content (AvgIpc) is 2.83. The number of hydrogen-bond donors (Lipinski definition) is 3. The topological polar surface area (TPSA) is 87.3 Å². The van der Waals surface area contributed by atoms with Crippen molar-refractivity contribution in [2.75, 3.05) is 0 Å². The van der Waals surface area contributed by atoms with Crippen LogP contribution in [0, 0.1) is 0 Å². The molecule has 6 nitrogen and oxygen atoms in total. The van der Waals surface area contributed by atoms with Crippen LogP contribution in [-0.4, -0.2) is 29.8 Å². The molecule has 0 saturated carbocycles. The molecule has 3 aromatic rings. The van der Waals surface area contributed by atoms with E-state index in [4.69, 9.17) is 0 Å².